The zero-order chi connectivity index (χ0) is 20.4. The van der Waals surface area contributed by atoms with Gasteiger partial charge in [0.05, 0.1) is 18.8 Å². The molecule has 8 nitrogen and oxygen atoms in total. The summed E-state index contributed by atoms with van der Waals surface area (Å²) in [5.74, 6) is 2.72. The van der Waals surface area contributed by atoms with Gasteiger partial charge in [-0.15, -0.1) is 0 Å². The van der Waals surface area contributed by atoms with Crippen molar-refractivity contribution in [3.05, 3.63) is 12.4 Å². The van der Waals surface area contributed by atoms with E-state index in [-0.39, 0.29) is 5.91 Å². The van der Waals surface area contributed by atoms with Gasteiger partial charge in [-0.05, 0) is 32.6 Å². The van der Waals surface area contributed by atoms with Crippen LogP contribution in [-0.4, -0.2) is 97.3 Å². The minimum Gasteiger partial charge on any atom is -0.373 e. The molecule has 4 heterocycles. The molecular formula is C21H34N6O2. The number of carbonyl (C=O) groups is 1. The molecule has 0 radical (unpaired) electrons. The van der Waals surface area contributed by atoms with Crippen LogP contribution in [0.4, 0.5) is 11.6 Å². The lowest BCUT2D eigenvalue weighted by molar-refractivity contribution is -0.129. The van der Waals surface area contributed by atoms with Gasteiger partial charge in [0, 0.05) is 58.9 Å². The Hall–Kier alpha value is -1.93. The smallest absolute Gasteiger partial charge is 0.241 e. The number of nitrogens with zero attached hydrogens (tertiary/aromatic N) is 6. The van der Waals surface area contributed by atoms with E-state index in [0.717, 1.165) is 56.8 Å². The Kier molecular flexibility index (Phi) is 6.20. The van der Waals surface area contributed by atoms with Crippen molar-refractivity contribution in [2.75, 3.05) is 69.2 Å². The first-order valence-electron chi connectivity index (χ1n) is 10.9. The number of hydrogen-bond donors (Lipinski definition) is 0. The van der Waals surface area contributed by atoms with Crippen LogP contribution in [0.2, 0.25) is 0 Å². The zero-order valence-corrected chi connectivity index (χ0v) is 18.0. The predicted molar refractivity (Wildman–Crippen MR) is 113 cm³/mol. The molecule has 2 unspecified atom stereocenters. The van der Waals surface area contributed by atoms with Crippen LogP contribution in [-0.2, 0) is 9.53 Å². The summed E-state index contributed by atoms with van der Waals surface area (Å²) >= 11 is 0. The molecule has 8 heteroatoms. The highest BCUT2D eigenvalue weighted by Gasteiger charge is 2.28. The monoisotopic (exact) mass is 402 g/mol. The van der Waals surface area contributed by atoms with Gasteiger partial charge >= 0.3 is 0 Å². The first-order chi connectivity index (χ1) is 14.0. The summed E-state index contributed by atoms with van der Waals surface area (Å²) in [6, 6.07) is 2.05. The topological polar surface area (TPSA) is 65.0 Å². The van der Waals surface area contributed by atoms with Gasteiger partial charge in [-0.1, -0.05) is 0 Å². The van der Waals surface area contributed by atoms with E-state index in [1.807, 2.05) is 13.1 Å². The summed E-state index contributed by atoms with van der Waals surface area (Å²) in [6.45, 7) is 11.6. The molecule has 0 spiro atoms. The number of hydrogen-bond acceptors (Lipinski definition) is 7. The maximum absolute atomic E-state index is 12.0. The van der Waals surface area contributed by atoms with Gasteiger partial charge < -0.3 is 19.4 Å². The lowest BCUT2D eigenvalue weighted by Crippen LogP contribution is -2.49. The molecule has 0 aromatic carbocycles. The number of anilines is 2. The molecule has 29 heavy (non-hydrogen) atoms. The van der Waals surface area contributed by atoms with E-state index in [1.165, 1.54) is 19.4 Å². The Morgan fingerprint density at radius 3 is 2.31 bits per heavy atom. The van der Waals surface area contributed by atoms with Crippen molar-refractivity contribution in [1.82, 2.24) is 19.8 Å². The standard InChI is InChI=1S/C21H34N6O2/c1-16-11-25(12-17(2)29-16)13-18-4-6-26(7-5-18)19-10-20(23-15-22-19)27-9-8-24(3)21(28)14-27/h10,15-18H,4-9,11-14H2,1-3H3. The number of rotatable bonds is 4. The molecule has 0 bridgehead atoms. The lowest BCUT2D eigenvalue weighted by atomic mass is 9.95. The molecule has 160 valence electrons. The van der Waals surface area contributed by atoms with E-state index < -0.39 is 0 Å². The Morgan fingerprint density at radius 2 is 1.66 bits per heavy atom. The van der Waals surface area contributed by atoms with Crippen molar-refractivity contribution in [1.29, 1.82) is 0 Å². The number of carbonyl (C=O) groups excluding carboxylic acids is 1. The Bertz CT molecular complexity index is 698. The summed E-state index contributed by atoms with van der Waals surface area (Å²) in [5, 5.41) is 0. The lowest BCUT2D eigenvalue weighted by Gasteiger charge is -2.40. The molecule has 4 rings (SSSR count). The number of amides is 1. The molecule has 3 saturated heterocycles. The third-order valence-electron chi connectivity index (χ3n) is 6.37. The van der Waals surface area contributed by atoms with E-state index in [2.05, 4.69) is 38.5 Å². The van der Waals surface area contributed by atoms with Crippen LogP contribution in [0, 0.1) is 5.92 Å². The van der Waals surface area contributed by atoms with Gasteiger partial charge in [0.1, 0.15) is 18.0 Å². The van der Waals surface area contributed by atoms with Gasteiger partial charge in [-0.2, -0.15) is 0 Å². The first kappa shape index (κ1) is 20.3. The van der Waals surface area contributed by atoms with Gasteiger partial charge in [0.25, 0.3) is 0 Å². The molecule has 2 atom stereocenters. The molecular weight excluding hydrogens is 368 g/mol. The second-order valence-corrected chi connectivity index (χ2v) is 8.88. The summed E-state index contributed by atoms with van der Waals surface area (Å²) in [6.07, 6.45) is 4.68. The molecule has 0 aliphatic carbocycles. The minimum absolute atomic E-state index is 0.143. The average Bonchev–Trinajstić information content (AvgIpc) is 2.70. The highest BCUT2D eigenvalue weighted by atomic mass is 16.5. The highest BCUT2D eigenvalue weighted by molar-refractivity contribution is 5.82. The summed E-state index contributed by atoms with van der Waals surface area (Å²) < 4.78 is 5.86. The van der Waals surface area contributed by atoms with E-state index >= 15 is 0 Å². The zero-order valence-electron chi connectivity index (χ0n) is 18.0. The van der Waals surface area contributed by atoms with Gasteiger partial charge in [0.2, 0.25) is 5.91 Å². The van der Waals surface area contributed by atoms with Crippen LogP contribution in [0.1, 0.15) is 26.7 Å². The van der Waals surface area contributed by atoms with E-state index in [0.29, 0.717) is 18.8 Å². The Balaban J connectivity index is 1.31. The molecule has 1 amide bonds. The van der Waals surface area contributed by atoms with Crippen molar-refractivity contribution in [3.63, 3.8) is 0 Å². The Morgan fingerprint density at radius 1 is 1.00 bits per heavy atom. The maximum atomic E-state index is 12.0. The fourth-order valence-corrected chi connectivity index (χ4v) is 4.78. The van der Waals surface area contributed by atoms with Gasteiger partial charge in [0.15, 0.2) is 0 Å². The largest absolute Gasteiger partial charge is 0.373 e. The quantitative estimate of drug-likeness (QED) is 0.747. The molecule has 0 saturated carbocycles. The van der Waals surface area contributed by atoms with E-state index in [9.17, 15) is 4.79 Å². The number of piperazine rings is 1. The molecule has 3 aliphatic rings. The maximum Gasteiger partial charge on any atom is 0.241 e. The molecule has 0 N–H and O–H groups in total. The van der Waals surface area contributed by atoms with E-state index in [1.54, 1.807) is 11.2 Å². The number of ether oxygens (including phenoxy) is 1. The average molecular weight is 403 g/mol. The number of likely N-dealkylation sites (N-methyl/N-ethyl adjacent to an activating group) is 1. The minimum atomic E-state index is 0.143. The second-order valence-electron chi connectivity index (χ2n) is 8.88. The fourth-order valence-electron chi connectivity index (χ4n) is 4.78. The van der Waals surface area contributed by atoms with Crippen molar-refractivity contribution < 1.29 is 9.53 Å². The summed E-state index contributed by atoms with van der Waals surface area (Å²) in [4.78, 5) is 29.7. The van der Waals surface area contributed by atoms with Crippen LogP contribution in [0.15, 0.2) is 12.4 Å². The van der Waals surface area contributed by atoms with Crippen LogP contribution in [0.5, 0.6) is 0 Å². The normalized spacial score (nSPS) is 27.6. The molecule has 3 fully saturated rings. The van der Waals surface area contributed by atoms with Crippen LogP contribution >= 0.6 is 0 Å². The molecule has 1 aromatic rings. The van der Waals surface area contributed by atoms with Crippen molar-refractivity contribution in [3.8, 4) is 0 Å². The number of morpholine rings is 1. The van der Waals surface area contributed by atoms with Crippen molar-refractivity contribution in [2.45, 2.75) is 38.9 Å². The third-order valence-corrected chi connectivity index (χ3v) is 6.37. The fraction of sp³-hybridized carbons (Fsp3) is 0.762. The highest BCUT2D eigenvalue weighted by Crippen LogP contribution is 2.26. The van der Waals surface area contributed by atoms with Crippen LogP contribution in [0.25, 0.3) is 0 Å². The number of piperidine rings is 1. The second kappa shape index (κ2) is 8.83. The first-order valence-corrected chi connectivity index (χ1v) is 10.9. The van der Waals surface area contributed by atoms with Gasteiger partial charge in [-0.25, -0.2) is 9.97 Å². The summed E-state index contributed by atoms with van der Waals surface area (Å²) in [7, 11) is 1.85. The van der Waals surface area contributed by atoms with Crippen LogP contribution in [0.3, 0.4) is 0 Å². The van der Waals surface area contributed by atoms with E-state index in [4.69, 9.17) is 4.74 Å². The van der Waals surface area contributed by atoms with Crippen molar-refractivity contribution in [2.24, 2.45) is 5.92 Å². The SMILES string of the molecule is CC1CN(CC2CCN(c3cc(N4CCN(C)C(=O)C4)ncn3)CC2)CC(C)O1. The number of aromatic nitrogens is 2. The predicted octanol–water partition coefficient (Wildman–Crippen LogP) is 1.08. The molecule has 3 aliphatic heterocycles. The van der Waals surface area contributed by atoms with Gasteiger partial charge in [-0.3, -0.25) is 9.69 Å². The summed E-state index contributed by atoms with van der Waals surface area (Å²) in [5.41, 5.74) is 0. The molecule has 1 aromatic heterocycles. The van der Waals surface area contributed by atoms with Crippen molar-refractivity contribution >= 4 is 17.5 Å². The third kappa shape index (κ3) is 4.98. The van der Waals surface area contributed by atoms with Crippen LogP contribution < -0.4 is 9.80 Å². The Labute approximate surface area is 173 Å².